The van der Waals surface area contributed by atoms with Crippen LogP contribution in [0.25, 0.3) is 0 Å². The Kier molecular flexibility index (Phi) is 6.72. The molecule has 0 aliphatic heterocycles. The van der Waals surface area contributed by atoms with Gasteiger partial charge in [0, 0.05) is 0 Å². The zero-order valence-electron chi connectivity index (χ0n) is 17.1. The van der Waals surface area contributed by atoms with E-state index in [1.54, 1.807) is 32.1 Å². The van der Waals surface area contributed by atoms with Gasteiger partial charge in [0.1, 0.15) is 0 Å². The molecule has 8 atom stereocenters. The van der Waals surface area contributed by atoms with Gasteiger partial charge in [-0.15, -0.1) is 0 Å². The fraction of sp³-hybridized carbons (Fsp3) is 1.00. The van der Waals surface area contributed by atoms with E-state index in [2.05, 4.69) is 27.7 Å². The molecule has 24 heavy (non-hydrogen) atoms. The van der Waals surface area contributed by atoms with E-state index in [0.717, 1.165) is 47.3 Å². The van der Waals surface area contributed by atoms with Crippen molar-refractivity contribution in [2.45, 2.75) is 105 Å². The third-order valence-electron chi connectivity index (χ3n) is 9.02. The van der Waals surface area contributed by atoms with Gasteiger partial charge in [0.25, 0.3) is 0 Å². The summed E-state index contributed by atoms with van der Waals surface area (Å²) in [6.45, 7) is 10.3. The van der Waals surface area contributed by atoms with E-state index in [4.69, 9.17) is 0 Å². The lowest BCUT2D eigenvalue weighted by Gasteiger charge is -2.46. The smallest absolute Gasteiger partial charge is 0.0357 e. The van der Waals surface area contributed by atoms with Gasteiger partial charge < -0.3 is 0 Å². The van der Waals surface area contributed by atoms with Gasteiger partial charge in [0.2, 0.25) is 0 Å². The third-order valence-corrected chi connectivity index (χ3v) is 9.02. The van der Waals surface area contributed by atoms with Gasteiger partial charge in [0.15, 0.2) is 0 Å². The fourth-order valence-corrected chi connectivity index (χ4v) is 6.87. The maximum atomic E-state index is 2.59. The second kappa shape index (κ2) is 8.59. The second-order valence-electron chi connectivity index (χ2n) is 10.3. The van der Waals surface area contributed by atoms with E-state index >= 15 is 0 Å². The molecule has 3 rings (SSSR count). The van der Waals surface area contributed by atoms with Crippen LogP contribution in [0.1, 0.15) is 105 Å². The summed E-state index contributed by atoms with van der Waals surface area (Å²) in [5.74, 6) is 8.11. The quantitative estimate of drug-likeness (QED) is 0.426. The lowest BCUT2D eigenvalue weighted by atomic mass is 9.59. The molecule has 0 aromatic heterocycles. The summed E-state index contributed by atoms with van der Waals surface area (Å²) in [6.07, 6.45) is 18.3. The average Bonchev–Trinajstić information content (AvgIpc) is 2.56. The number of rotatable bonds is 0. The Morgan fingerprint density at radius 1 is 0.458 bits per heavy atom. The van der Waals surface area contributed by atoms with Crippen molar-refractivity contribution in [3.05, 3.63) is 0 Å². The van der Waals surface area contributed by atoms with Crippen LogP contribution >= 0.6 is 0 Å². The molecule has 3 saturated carbocycles. The molecule has 0 amide bonds. The van der Waals surface area contributed by atoms with E-state index in [-0.39, 0.29) is 0 Å². The normalized spacial score (nSPS) is 48.5. The zero-order valence-corrected chi connectivity index (χ0v) is 17.1. The molecular weight excluding hydrogens is 288 g/mol. The SMILES string of the molecule is C[C@@H]1CC[C@@H]2C[C@@H]3CC[C@H](C)[C@H](C)C3CCCCCCCC2[C@@H]1C. The van der Waals surface area contributed by atoms with Crippen molar-refractivity contribution >= 4 is 0 Å². The molecule has 2 unspecified atom stereocenters. The number of hydrogen-bond donors (Lipinski definition) is 0. The Balaban J connectivity index is 1.75. The minimum Gasteiger partial charge on any atom is -0.0622 e. The van der Waals surface area contributed by atoms with Crippen LogP contribution in [0.4, 0.5) is 0 Å². The first-order chi connectivity index (χ1) is 11.6. The highest BCUT2D eigenvalue weighted by atomic mass is 14.4. The molecule has 3 aliphatic rings. The first-order valence-corrected chi connectivity index (χ1v) is 11.6. The molecule has 0 radical (unpaired) electrons. The van der Waals surface area contributed by atoms with Crippen molar-refractivity contribution in [3.63, 3.8) is 0 Å². The molecule has 0 spiro atoms. The molecular formula is C24H44. The summed E-state index contributed by atoms with van der Waals surface area (Å²) < 4.78 is 0. The predicted octanol–water partition coefficient (Wildman–Crippen LogP) is 7.72. The summed E-state index contributed by atoms with van der Waals surface area (Å²) in [5, 5.41) is 0. The first kappa shape index (κ1) is 18.8. The van der Waals surface area contributed by atoms with Crippen molar-refractivity contribution in [2.75, 3.05) is 0 Å². The predicted molar refractivity (Wildman–Crippen MR) is 106 cm³/mol. The fourth-order valence-electron chi connectivity index (χ4n) is 6.87. The van der Waals surface area contributed by atoms with Crippen LogP contribution in [0.3, 0.4) is 0 Å². The molecule has 0 heteroatoms. The average molecular weight is 333 g/mol. The van der Waals surface area contributed by atoms with Crippen LogP contribution in [-0.4, -0.2) is 0 Å². The first-order valence-electron chi connectivity index (χ1n) is 11.6. The van der Waals surface area contributed by atoms with Crippen molar-refractivity contribution in [3.8, 4) is 0 Å². The van der Waals surface area contributed by atoms with Gasteiger partial charge in [-0.2, -0.15) is 0 Å². The molecule has 3 fully saturated rings. The molecule has 0 heterocycles. The lowest BCUT2D eigenvalue weighted by Crippen LogP contribution is -2.37. The van der Waals surface area contributed by atoms with Gasteiger partial charge in [-0.1, -0.05) is 72.6 Å². The van der Waals surface area contributed by atoms with Crippen molar-refractivity contribution < 1.29 is 0 Å². The number of hydrogen-bond acceptors (Lipinski definition) is 0. The molecule has 0 aromatic rings. The maximum absolute atomic E-state index is 2.59. The Labute approximate surface area is 152 Å². The standard InChI is InChI=1S/C24H44/c1-17-12-14-21-16-22-15-13-18(2)20(4)24(22)11-9-7-5-6-8-10-23(21)19(17)3/h17-24H,5-16H2,1-4H3/t17-,18+,19-,20+,21-,22+,23?,24?. The molecule has 140 valence electrons. The van der Waals surface area contributed by atoms with Gasteiger partial charge >= 0.3 is 0 Å². The molecule has 0 bridgehead atoms. The minimum atomic E-state index is 0.972. The second-order valence-corrected chi connectivity index (χ2v) is 10.3. The van der Waals surface area contributed by atoms with E-state index in [1.807, 2.05) is 0 Å². The van der Waals surface area contributed by atoms with E-state index in [1.165, 1.54) is 44.9 Å². The minimum absolute atomic E-state index is 0.972. The molecule has 0 nitrogen and oxygen atoms in total. The van der Waals surface area contributed by atoms with Crippen molar-refractivity contribution in [1.29, 1.82) is 0 Å². The molecule has 0 aromatic carbocycles. The van der Waals surface area contributed by atoms with Crippen LogP contribution in [0.2, 0.25) is 0 Å². The monoisotopic (exact) mass is 332 g/mol. The summed E-state index contributed by atoms with van der Waals surface area (Å²) in [6, 6.07) is 0. The summed E-state index contributed by atoms with van der Waals surface area (Å²) in [7, 11) is 0. The van der Waals surface area contributed by atoms with Crippen molar-refractivity contribution in [2.24, 2.45) is 47.3 Å². The largest absolute Gasteiger partial charge is 0.0622 e. The van der Waals surface area contributed by atoms with Crippen LogP contribution in [-0.2, 0) is 0 Å². The van der Waals surface area contributed by atoms with Gasteiger partial charge in [-0.05, 0) is 79.4 Å². The van der Waals surface area contributed by atoms with Crippen LogP contribution in [0.5, 0.6) is 0 Å². The Hall–Kier alpha value is 0. The van der Waals surface area contributed by atoms with Crippen LogP contribution in [0, 0.1) is 47.3 Å². The molecule has 3 aliphatic carbocycles. The maximum Gasteiger partial charge on any atom is -0.0357 e. The summed E-state index contributed by atoms with van der Waals surface area (Å²) in [4.78, 5) is 0. The third kappa shape index (κ3) is 4.21. The van der Waals surface area contributed by atoms with Gasteiger partial charge in [0.05, 0.1) is 0 Å². The van der Waals surface area contributed by atoms with E-state index in [0.29, 0.717) is 0 Å². The Morgan fingerprint density at radius 3 is 1.33 bits per heavy atom. The molecule has 0 saturated heterocycles. The topological polar surface area (TPSA) is 0 Å². The summed E-state index contributed by atoms with van der Waals surface area (Å²) in [5.41, 5.74) is 0. The van der Waals surface area contributed by atoms with Gasteiger partial charge in [-0.3, -0.25) is 0 Å². The number of fused-ring (bicyclic) bond motifs is 2. The highest BCUT2D eigenvalue weighted by Crippen LogP contribution is 2.49. The Morgan fingerprint density at radius 2 is 0.875 bits per heavy atom. The summed E-state index contributed by atoms with van der Waals surface area (Å²) >= 11 is 0. The zero-order chi connectivity index (χ0) is 17.1. The Bertz CT molecular complexity index is 338. The van der Waals surface area contributed by atoms with E-state index < -0.39 is 0 Å². The van der Waals surface area contributed by atoms with Crippen LogP contribution < -0.4 is 0 Å². The van der Waals surface area contributed by atoms with E-state index in [9.17, 15) is 0 Å². The lowest BCUT2D eigenvalue weighted by molar-refractivity contribution is 0.0356. The highest BCUT2D eigenvalue weighted by Gasteiger charge is 2.40. The van der Waals surface area contributed by atoms with Gasteiger partial charge in [-0.25, -0.2) is 0 Å². The van der Waals surface area contributed by atoms with Crippen molar-refractivity contribution in [1.82, 2.24) is 0 Å². The highest BCUT2D eigenvalue weighted by molar-refractivity contribution is 4.90. The van der Waals surface area contributed by atoms with Crippen LogP contribution in [0.15, 0.2) is 0 Å². The molecule has 0 N–H and O–H groups in total.